The van der Waals surface area contributed by atoms with Gasteiger partial charge < -0.3 is 35.4 Å². The maximum Gasteiger partial charge on any atom is 0.329 e. The van der Waals surface area contributed by atoms with Gasteiger partial charge in [0.15, 0.2) is 0 Å². The van der Waals surface area contributed by atoms with Gasteiger partial charge in [-0.15, -0.1) is 0 Å². The Morgan fingerprint density at radius 2 is 1.37 bits per heavy atom. The molecule has 3 N–H and O–H groups in total. The number of nitrogens with one attached hydrogen (secondary N) is 3. The molecule has 4 aliphatic rings. The SMILES string of the molecule is C[C@@H]1NC(=O)[C@@H]2CCCCN2C(=O)[C@@H]2CCCN2C(=O)[C@@H](NC(=O)[C@H](Cc2cc(F)cc(F)c2)NC(=O)Cc2ccc(C(C)(F)F)cc2)[C@H](C)OC(=O)[C@@H]2CCCN2C1=O. The zero-order chi connectivity index (χ0) is 43.5. The summed E-state index contributed by atoms with van der Waals surface area (Å²) in [7, 11) is 0. The minimum Gasteiger partial charge on any atom is -0.458 e. The maximum absolute atomic E-state index is 14.7. The van der Waals surface area contributed by atoms with Crippen LogP contribution in [0.1, 0.15) is 82.4 Å². The van der Waals surface area contributed by atoms with E-state index in [2.05, 4.69) is 16.0 Å². The summed E-state index contributed by atoms with van der Waals surface area (Å²) in [5.74, 6) is -10.0. The van der Waals surface area contributed by atoms with Crippen molar-refractivity contribution in [2.24, 2.45) is 0 Å². The predicted molar refractivity (Wildman–Crippen MR) is 206 cm³/mol. The highest BCUT2D eigenvalue weighted by atomic mass is 19.3. The summed E-state index contributed by atoms with van der Waals surface area (Å²) in [4.78, 5) is 102. The Kier molecular flexibility index (Phi) is 13.5. The third-order valence-electron chi connectivity index (χ3n) is 11.6. The number of carbonyl (C=O) groups is 7. The van der Waals surface area contributed by atoms with Crippen LogP contribution < -0.4 is 16.0 Å². The molecule has 4 fully saturated rings. The molecule has 6 rings (SSSR count). The Labute approximate surface area is 344 Å². The van der Waals surface area contributed by atoms with E-state index in [4.69, 9.17) is 4.74 Å². The Balaban J connectivity index is 1.32. The Morgan fingerprint density at radius 3 is 2.02 bits per heavy atom. The summed E-state index contributed by atoms with van der Waals surface area (Å²) >= 11 is 0. The number of amides is 6. The van der Waals surface area contributed by atoms with Gasteiger partial charge in [-0.05, 0) is 82.1 Å². The number of alkyl halides is 2. The maximum atomic E-state index is 14.7. The molecule has 18 heteroatoms. The lowest BCUT2D eigenvalue weighted by Gasteiger charge is -2.39. The van der Waals surface area contributed by atoms with Gasteiger partial charge in [-0.2, -0.15) is 0 Å². The fourth-order valence-corrected chi connectivity index (χ4v) is 8.50. The number of rotatable bonds is 8. The van der Waals surface area contributed by atoms with E-state index in [1.165, 1.54) is 40.7 Å². The van der Waals surface area contributed by atoms with Gasteiger partial charge in [0.25, 0.3) is 5.92 Å². The molecule has 0 bridgehead atoms. The van der Waals surface area contributed by atoms with Gasteiger partial charge in [0.05, 0.1) is 6.42 Å². The molecule has 14 nitrogen and oxygen atoms in total. The number of esters is 1. The van der Waals surface area contributed by atoms with Crippen molar-refractivity contribution < 1.29 is 55.9 Å². The van der Waals surface area contributed by atoms with Gasteiger partial charge in [-0.1, -0.05) is 24.3 Å². The van der Waals surface area contributed by atoms with E-state index in [1.54, 1.807) is 0 Å². The molecule has 324 valence electrons. The smallest absolute Gasteiger partial charge is 0.329 e. The van der Waals surface area contributed by atoms with Crippen molar-refractivity contribution in [3.8, 4) is 0 Å². The van der Waals surface area contributed by atoms with Crippen LogP contribution in [0, 0.1) is 11.6 Å². The number of carbonyl (C=O) groups excluding carboxylic acids is 7. The van der Waals surface area contributed by atoms with Crippen LogP contribution in [0.25, 0.3) is 0 Å². The lowest BCUT2D eigenvalue weighted by atomic mass is 9.99. The molecule has 7 atom stereocenters. The highest BCUT2D eigenvalue weighted by Gasteiger charge is 2.47. The lowest BCUT2D eigenvalue weighted by Crippen LogP contribution is -2.63. The fourth-order valence-electron chi connectivity index (χ4n) is 8.50. The number of hydrogen-bond acceptors (Lipinski definition) is 8. The molecule has 4 saturated heterocycles. The molecule has 0 aliphatic carbocycles. The third kappa shape index (κ3) is 10.1. The number of cyclic esters (lactones) is 1. The Morgan fingerprint density at radius 1 is 0.783 bits per heavy atom. The molecule has 2 aromatic carbocycles. The first-order chi connectivity index (χ1) is 28.4. The van der Waals surface area contributed by atoms with Crippen molar-refractivity contribution in [3.63, 3.8) is 0 Å². The normalized spacial score (nSPS) is 26.1. The predicted octanol–water partition coefficient (Wildman–Crippen LogP) is 2.64. The number of ether oxygens (including phenoxy) is 1. The van der Waals surface area contributed by atoms with Gasteiger partial charge >= 0.3 is 5.97 Å². The summed E-state index contributed by atoms with van der Waals surface area (Å²) in [6.07, 6.45) is 0.618. The minimum atomic E-state index is -3.13. The summed E-state index contributed by atoms with van der Waals surface area (Å²) in [5, 5.41) is 7.85. The second-order valence-corrected chi connectivity index (χ2v) is 16.1. The zero-order valence-corrected chi connectivity index (χ0v) is 33.7. The third-order valence-corrected chi connectivity index (χ3v) is 11.6. The Bertz CT molecular complexity index is 1980. The number of hydrogen-bond donors (Lipinski definition) is 3. The molecule has 0 saturated carbocycles. The molecule has 6 amide bonds. The van der Waals surface area contributed by atoms with E-state index in [0.29, 0.717) is 43.7 Å². The van der Waals surface area contributed by atoms with Crippen molar-refractivity contribution in [1.82, 2.24) is 30.7 Å². The molecular weight excluding hydrogens is 792 g/mol. The topological polar surface area (TPSA) is 175 Å². The van der Waals surface area contributed by atoms with E-state index in [9.17, 15) is 51.1 Å². The van der Waals surface area contributed by atoms with Crippen LogP contribution in [0.2, 0.25) is 0 Å². The first-order valence-electron chi connectivity index (χ1n) is 20.4. The monoisotopic (exact) mass is 842 g/mol. The first-order valence-corrected chi connectivity index (χ1v) is 20.4. The number of fused-ring (bicyclic) bond motifs is 3. The van der Waals surface area contributed by atoms with Crippen LogP contribution in [0.5, 0.6) is 0 Å². The molecular formula is C42H50F4N6O8. The molecule has 0 spiro atoms. The first kappa shape index (κ1) is 44.0. The van der Waals surface area contributed by atoms with Gasteiger partial charge in [0.1, 0.15) is 54.0 Å². The molecule has 0 radical (unpaired) electrons. The second-order valence-electron chi connectivity index (χ2n) is 16.1. The van der Waals surface area contributed by atoms with E-state index >= 15 is 0 Å². The van der Waals surface area contributed by atoms with E-state index < -0.39 is 108 Å². The van der Waals surface area contributed by atoms with Crippen LogP contribution in [-0.2, 0) is 57.1 Å². The summed E-state index contributed by atoms with van der Waals surface area (Å²) in [5.41, 5.74) is 0.00398. The van der Waals surface area contributed by atoms with E-state index in [1.807, 2.05) is 0 Å². The van der Waals surface area contributed by atoms with Crippen molar-refractivity contribution in [3.05, 3.63) is 70.8 Å². The summed E-state index contributed by atoms with van der Waals surface area (Å²) < 4.78 is 62.1. The van der Waals surface area contributed by atoms with Crippen molar-refractivity contribution in [1.29, 1.82) is 0 Å². The summed E-state index contributed by atoms with van der Waals surface area (Å²) in [6, 6.07) is 0.197. The quantitative estimate of drug-likeness (QED) is 0.269. The molecule has 2 aromatic rings. The minimum absolute atomic E-state index is 0.0307. The molecule has 60 heavy (non-hydrogen) atoms. The van der Waals surface area contributed by atoms with Gasteiger partial charge in [0, 0.05) is 44.6 Å². The van der Waals surface area contributed by atoms with E-state index in [0.717, 1.165) is 31.2 Å². The van der Waals surface area contributed by atoms with Crippen molar-refractivity contribution in [2.45, 2.75) is 127 Å². The fraction of sp³-hybridized carbons (Fsp3) is 0.548. The van der Waals surface area contributed by atoms with Crippen molar-refractivity contribution >= 4 is 41.4 Å². The van der Waals surface area contributed by atoms with Crippen LogP contribution in [0.15, 0.2) is 42.5 Å². The second kappa shape index (κ2) is 18.4. The van der Waals surface area contributed by atoms with Gasteiger partial charge in [-0.25, -0.2) is 22.4 Å². The standard InChI is InChI=1S/C42H50F4N6O8/c1-23-38(56)52-17-7-10-33(52)41(59)60-24(2)35(40(58)51-16-6-9-32(51)39(57)50-15-5-4-8-31(50)37(55)47-23)49-36(54)30(20-26-18-28(43)22-29(44)19-26)48-34(53)21-25-11-13-27(14-12-25)42(3,45)46/h11-14,18-19,22-24,30-33,35H,4-10,15-17,20-21H2,1-3H3,(H,47,55)(H,48,53)(H,49,54)/t23-,24-,30-,31-,32-,33-,35-/m0/s1. The van der Waals surface area contributed by atoms with Gasteiger partial charge in [-0.3, -0.25) is 28.8 Å². The highest BCUT2D eigenvalue weighted by Crippen LogP contribution is 2.29. The summed E-state index contributed by atoms with van der Waals surface area (Å²) in [6.45, 7) is 4.09. The molecule has 0 unspecified atom stereocenters. The zero-order valence-electron chi connectivity index (χ0n) is 33.7. The van der Waals surface area contributed by atoms with E-state index in [-0.39, 0.29) is 50.0 Å². The molecule has 4 heterocycles. The van der Waals surface area contributed by atoms with Gasteiger partial charge in [0.2, 0.25) is 35.4 Å². The number of piperidine rings is 1. The number of nitrogens with zero attached hydrogens (tertiary/aromatic N) is 3. The molecule has 0 aromatic heterocycles. The number of benzene rings is 2. The Hall–Kier alpha value is -5.55. The van der Waals surface area contributed by atoms with Crippen LogP contribution in [-0.4, -0.2) is 118 Å². The highest BCUT2D eigenvalue weighted by molar-refractivity contribution is 5.98. The average molecular weight is 843 g/mol. The van der Waals surface area contributed by atoms with Crippen LogP contribution in [0.4, 0.5) is 17.6 Å². The average Bonchev–Trinajstić information content (AvgIpc) is 3.89. The van der Waals surface area contributed by atoms with Crippen molar-refractivity contribution in [2.75, 3.05) is 19.6 Å². The lowest BCUT2D eigenvalue weighted by molar-refractivity contribution is -0.163. The van der Waals surface area contributed by atoms with Crippen LogP contribution >= 0.6 is 0 Å². The number of halogens is 4. The van der Waals surface area contributed by atoms with Crippen LogP contribution in [0.3, 0.4) is 0 Å². The molecule has 4 aliphatic heterocycles. The largest absolute Gasteiger partial charge is 0.458 e.